The van der Waals surface area contributed by atoms with Crippen LogP contribution in [0.15, 0.2) is 22.7 Å². The van der Waals surface area contributed by atoms with Crippen LogP contribution in [-0.4, -0.2) is 18.2 Å². The number of benzene rings is 1. The van der Waals surface area contributed by atoms with Crippen molar-refractivity contribution in [1.29, 1.82) is 0 Å². The van der Waals surface area contributed by atoms with Gasteiger partial charge in [0, 0.05) is 15.6 Å². The van der Waals surface area contributed by atoms with Crippen LogP contribution in [0.2, 0.25) is 10.0 Å². The summed E-state index contributed by atoms with van der Waals surface area (Å²) in [6, 6.07) is 4.89. The minimum atomic E-state index is -0.514. The van der Waals surface area contributed by atoms with Gasteiger partial charge in [0.2, 0.25) is 0 Å². The Hall–Kier alpha value is -1.52. The number of halogens is 2. The standard InChI is InChI=1S/C12H9Cl2NO3/c1-6-10(12(16)17-2)11(15-18-6)7-3-8(13)5-9(14)4-7/h3-5H,1-2H3. The van der Waals surface area contributed by atoms with E-state index in [4.69, 9.17) is 32.5 Å². The van der Waals surface area contributed by atoms with Crippen LogP contribution in [0, 0.1) is 6.92 Å². The first-order valence-electron chi connectivity index (χ1n) is 5.04. The zero-order valence-electron chi connectivity index (χ0n) is 9.66. The summed E-state index contributed by atoms with van der Waals surface area (Å²) in [5.41, 5.74) is 1.24. The minimum Gasteiger partial charge on any atom is -0.465 e. The molecule has 94 valence electrons. The maximum absolute atomic E-state index is 11.7. The zero-order valence-corrected chi connectivity index (χ0v) is 11.2. The molecule has 0 aliphatic carbocycles. The molecule has 4 nitrogen and oxygen atoms in total. The third-order valence-corrected chi connectivity index (χ3v) is 2.82. The highest BCUT2D eigenvalue weighted by molar-refractivity contribution is 6.35. The van der Waals surface area contributed by atoms with Crippen LogP contribution in [0.4, 0.5) is 0 Å². The molecule has 0 saturated carbocycles. The number of hydrogen-bond donors (Lipinski definition) is 0. The molecule has 1 heterocycles. The summed E-state index contributed by atoms with van der Waals surface area (Å²) in [6.45, 7) is 1.63. The second-order valence-electron chi connectivity index (χ2n) is 3.61. The summed E-state index contributed by atoms with van der Waals surface area (Å²) in [4.78, 5) is 11.7. The van der Waals surface area contributed by atoms with E-state index in [0.29, 0.717) is 27.1 Å². The van der Waals surface area contributed by atoms with Crippen LogP contribution in [0.25, 0.3) is 11.3 Å². The van der Waals surface area contributed by atoms with Gasteiger partial charge >= 0.3 is 5.97 Å². The number of carbonyl (C=O) groups is 1. The van der Waals surface area contributed by atoms with Crippen molar-refractivity contribution < 1.29 is 14.1 Å². The zero-order chi connectivity index (χ0) is 13.3. The predicted molar refractivity (Wildman–Crippen MR) is 68.0 cm³/mol. The summed E-state index contributed by atoms with van der Waals surface area (Å²) < 4.78 is 9.71. The van der Waals surface area contributed by atoms with Gasteiger partial charge in [0.1, 0.15) is 17.0 Å². The third kappa shape index (κ3) is 2.35. The quantitative estimate of drug-likeness (QED) is 0.789. The number of aromatic nitrogens is 1. The predicted octanol–water partition coefficient (Wildman–Crippen LogP) is 3.74. The normalized spacial score (nSPS) is 10.4. The molecule has 2 rings (SSSR count). The largest absolute Gasteiger partial charge is 0.465 e. The number of rotatable bonds is 2. The van der Waals surface area contributed by atoms with Crippen LogP contribution in [0.5, 0.6) is 0 Å². The fraction of sp³-hybridized carbons (Fsp3) is 0.167. The Balaban J connectivity index is 2.61. The minimum absolute atomic E-state index is 0.274. The van der Waals surface area contributed by atoms with Crippen LogP contribution < -0.4 is 0 Å². The first kappa shape index (κ1) is 12.9. The molecule has 6 heteroatoms. The van der Waals surface area contributed by atoms with Crippen molar-refractivity contribution in [1.82, 2.24) is 5.16 Å². The van der Waals surface area contributed by atoms with Crippen molar-refractivity contribution in [3.05, 3.63) is 39.6 Å². The second-order valence-corrected chi connectivity index (χ2v) is 4.48. The van der Waals surface area contributed by atoms with E-state index in [1.807, 2.05) is 0 Å². The van der Waals surface area contributed by atoms with Crippen molar-refractivity contribution in [3.8, 4) is 11.3 Å². The summed E-state index contributed by atoms with van der Waals surface area (Å²) in [7, 11) is 1.30. The number of methoxy groups -OCH3 is 1. The van der Waals surface area contributed by atoms with E-state index in [0.717, 1.165) is 0 Å². The SMILES string of the molecule is COC(=O)c1c(-c2cc(Cl)cc(Cl)c2)noc1C. The van der Waals surface area contributed by atoms with Gasteiger partial charge in [-0.2, -0.15) is 0 Å². The average molecular weight is 286 g/mol. The van der Waals surface area contributed by atoms with Crippen molar-refractivity contribution in [2.24, 2.45) is 0 Å². The lowest BCUT2D eigenvalue weighted by molar-refractivity contribution is 0.0599. The maximum atomic E-state index is 11.7. The molecule has 0 aliphatic heterocycles. The Kier molecular flexibility index (Phi) is 3.59. The van der Waals surface area contributed by atoms with Gasteiger partial charge in [-0.25, -0.2) is 4.79 Å². The van der Waals surface area contributed by atoms with E-state index < -0.39 is 5.97 Å². The molecule has 0 spiro atoms. The lowest BCUT2D eigenvalue weighted by Gasteiger charge is -2.02. The van der Waals surface area contributed by atoms with E-state index in [1.165, 1.54) is 7.11 Å². The monoisotopic (exact) mass is 285 g/mol. The van der Waals surface area contributed by atoms with Gasteiger partial charge in [0.05, 0.1) is 7.11 Å². The highest BCUT2D eigenvalue weighted by Crippen LogP contribution is 2.30. The van der Waals surface area contributed by atoms with Gasteiger partial charge < -0.3 is 9.26 Å². The Bertz CT molecular complexity index is 587. The van der Waals surface area contributed by atoms with E-state index in [2.05, 4.69) is 5.16 Å². The van der Waals surface area contributed by atoms with Gasteiger partial charge in [-0.3, -0.25) is 0 Å². The average Bonchev–Trinajstić information content (AvgIpc) is 2.69. The molecule has 0 saturated heterocycles. The number of aryl methyl sites for hydroxylation is 1. The summed E-state index contributed by atoms with van der Waals surface area (Å²) in [5, 5.41) is 4.75. The van der Waals surface area contributed by atoms with Crippen LogP contribution in [-0.2, 0) is 4.74 Å². The number of carbonyl (C=O) groups excluding carboxylic acids is 1. The summed E-state index contributed by atoms with van der Waals surface area (Å²) in [6.07, 6.45) is 0. The van der Waals surface area contributed by atoms with Crippen LogP contribution >= 0.6 is 23.2 Å². The van der Waals surface area contributed by atoms with E-state index in [1.54, 1.807) is 25.1 Å². The van der Waals surface area contributed by atoms with E-state index in [9.17, 15) is 4.79 Å². The molecule has 0 fully saturated rings. The van der Waals surface area contributed by atoms with Crippen molar-refractivity contribution in [2.45, 2.75) is 6.92 Å². The Morgan fingerprint density at radius 1 is 1.28 bits per heavy atom. The molecule has 2 aromatic rings. The van der Waals surface area contributed by atoms with Crippen molar-refractivity contribution >= 4 is 29.2 Å². The van der Waals surface area contributed by atoms with E-state index in [-0.39, 0.29) is 5.56 Å². The highest BCUT2D eigenvalue weighted by atomic mass is 35.5. The Morgan fingerprint density at radius 2 is 1.89 bits per heavy atom. The molecular formula is C12H9Cl2NO3. The molecule has 0 radical (unpaired) electrons. The molecule has 1 aromatic carbocycles. The highest BCUT2D eigenvalue weighted by Gasteiger charge is 2.22. The number of esters is 1. The molecule has 18 heavy (non-hydrogen) atoms. The van der Waals surface area contributed by atoms with Gasteiger partial charge in [0.15, 0.2) is 0 Å². The van der Waals surface area contributed by atoms with Gasteiger partial charge in [-0.15, -0.1) is 0 Å². The Morgan fingerprint density at radius 3 is 2.44 bits per heavy atom. The summed E-state index contributed by atoms with van der Waals surface area (Å²) >= 11 is 11.8. The van der Waals surface area contributed by atoms with E-state index >= 15 is 0 Å². The molecule has 0 amide bonds. The first-order chi connectivity index (χ1) is 8.52. The second kappa shape index (κ2) is 5.00. The van der Waals surface area contributed by atoms with Gasteiger partial charge in [0.25, 0.3) is 0 Å². The van der Waals surface area contributed by atoms with Crippen LogP contribution in [0.3, 0.4) is 0 Å². The molecular weight excluding hydrogens is 277 g/mol. The first-order valence-corrected chi connectivity index (χ1v) is 5.79. The van der Waals surface area contributed by atoms with Crippen molar-refractivity contribution in [3.63, 3.8) is 0 Å². The molecule has 0 bridgehead atoms. The lowest BCUT2D eigenvalue weighted by Crippen LogP contribution is -2.03. The number of ether oxygens (including phenoxy) is 1. The fourth-order valence-electron chi connectivity index (χ4n) is 1.60. The summed E-state index contributed by atoms with van der Waals surface area (Å²) in [5.74, 6) is -0.132. The molecule has 0 unspecified atom stereocenters. The molecule has 0 N–H and O–H groups in total. The number of hydrogen-bond acceptors (Lipinski definition) is 4. The van der Waals surface area contributed by atoms with Gasteiger partial charge in [-0.05, 0) is 25.1 Å². The lowest BCUT2D eigenvalue weighted by atomic mass is 10.1. The molecule has 0 atom stereocenters. The van der Waals surface area contributed by atoms with Crippen molar-refractivity contribution in [2.75, 3.05) is 7.11 Å². The number of nitrogens with zero attached hydrogens (tertiary/aromatic N) is 1. The Labute approximate surface area is 113 Å². The molecule has 1 aromatic heterocycles. The van der Waals surface area contributed by atoms with Gasteiger partial charge in [-0.1, -0.05) is 28.4 Å². The smallest absolute Gasteiger partial charge is 0.343 e. The third-order valence-electron chi connectivity index (χ3n) is 2.39. The molecule has 0 aliphatic rings. The fourth-order valence-corrected chi connectivity index (χ4v) is 2.13. The maximum Gasteiger partial charge on any atom is 0.343 e. The van der Waals surface area contributed by atoms with Crippen LogP contribution in [0.1, 0.15) is 16.1 Å². The topological polar surface area (TPSA) is 52.3 Å².